The molecule has 1 aliphatic carbocycles. The average molecular weight is 400 g/mol. The van der Waals surface area contributed by atoms with Crippen molar-refractivity contribution in [3.63, 3.8) is 0 Å². The fourth-order valence-electron chi connectivity index (χ4n) is 4.90. The minimum Gasteiger partial charge on any atom is -0.455 e. The van der Waals surface area contributed by atoms with E-state index in [1.165, 1.54) is 53.6 Å². The Morgan fingerprint density at radius 3 is 2.41 bits per heavy atom. The highest BCUT2D eigenvalue weighted by Crippen LogP contribution is 2.37. The van der Waals surface area contributed by atoms with E-state index in [4.69, 9.17) is 9.40 Å². The van der Waals surface area contributed by atoms with Crippen molar-refractivity contribution in [3.05, 3.63) is 60.3 Å². The van der Waals surface area contributed by atoms with Crippen LogP contribution in [0.25, 0.3) is 33.2 Å². The summed E-state index contributed by atoms with van der Waals surface area (Å²) in [5.41, 5.74) is 5.47. The number of fused-ring (bicyclic) bond motifs is 3. The average Bonchev–Trinajstić information content (AvgIpc) is 3.13. The number of benzene rings is 2. The lowest BCUT2D eigenvalue weighted by Gasteiger charge is -2.22. The Hall–Kier alpha value is -2.39. The molecule has 2 aromatic carbocycles. The fourth-order valence-corrected chi connectivity index (χ4v) is 6.48. The minimum atomic E-state index is -1.51. The Kier molecular flexibility index (Phi) is 4.58. The van der Waals surface area contributed by atoms with Crippen LogP contribution in [0.1, 0.15) is 43.6 Å². The van der Waals surface area contributed by atoms with Gasteiger partial charge in [0.25, 0.3) is 0 Å². The molecule has 4 aromatic rings. The van der Waals surface area contributed by atoms with Crippen LogP contribution in [0.5, 0.6) is 0 Å². The van der Waals surface area contributed by atoms with Crippen molar-refractivity contribution in [2.75, 3.05) is 0 Å². The first-order chi connectivity index (χ1) is 14.0. The van der Waals surface area contributed by atoms with Crippen molar-refractivity contribution < 1.29 is 4.42 Å². The van der Waals surface area contributed by atoms with E-state index in [1.54, 1.807) is 0 Å². The highest BCUT2D eigenvalue weighted by molar-refractivity contribution is 6.90. The maximum absolute atomic E-state index is 6.40. The van der Waals surface area contributed by atoms with Crippen molar-refractivity contribution in [2.45, 2.75) is 57.7 Å². The summed E-state index contributed by atoms with van der Waals surface area (Å²) in [5, 5.41) is 3.97. The van der Waals surface area contributed by atoms with Gasteiger partial charge in [0.05, 0.1) is 13.8 Å². The van der Waals surface area contributed by atoms with E-state index in [-0.39, 0.29) is 0 Å². The van der Waals surface area contributed by atoms with Crippen LogP contribution in [0.2, 0.25) is 19.6 Å². The Morgan fingerprint density at radius 1 is 0.897 bits per heavy atom. The molecule has 1 fully saturated rings. The molecule has 3 heteroatoms. The zero-order chi connectivity index (χ0) is 20.0. The van der Waals surface area contributed by atoms with Gasteiger partial charge in [-0.1, -0.05) is 69.2 Å². The molecule has 2 aromatic heterocycles. The maximum atomic E-state index is 6.40. The number of hydrogen-bond donors (Lipinski definition) is 0. The molecule has 0 N–H and O–H groups in total. The predicted molar refractivity (Wildman–Crippen MR) is 126 cm³/mol. The Labute approximate surface area is 174 Å². The van der Waals surface area contributed by atoms with Gasteiger partial charge in [-0.05, 0) is 47.7 Å². The van der Waals surface area contributed by atoms with E-state index >= 15 is 0 Å². The molecule has 1 saturated carbocycles. The van der Waals surface area contributed by atoms with Gasteiger partial charge in [-0.25, -0.2) is 0 Å². The van der Waals surface area contributed by atoms with Crippen LogP contribution in [0.3, 0.4) is 0 Å². The SMILES string of the molecule is C[Si](C)(C)c1ccc(-c2ccc(C3CCCCC3)cn2)c2oc3ccccc3c12. The second-order valence-corrected chi connectivity index (χ2v) is 14.6. The van der Waals surface area contributed by atoms with Crippen LogP contribution in [-0.4, -0.2) is 13.1 Å². The van der Waals surface area contributed by atoms with Gasteiger partial charge in [-0.15, -0.1) is 0 Å². The van der Waals surface area contributed by atoms with E-state index in [0.717, 1.165) is 22.4 Å². The number of para-hydroxylation sites is 1. The number of furan rings is 1. The van der Waals surface area contributed by atoms with Crippen molar-refractivity contribution in [3.8, 4) is 11.3 Å². The van der Waals surface area contributed by atoms with Gasteiger partial charge in [0, 0.05) is 22.5 Å². The zero-order valence-corrected chi connectivity index (χ0v) is 18.7. The Bertz CT molecular complexity index is 1160. The molecule has 148 valence electrons. The second kappa shape index (κ2) is 7.14. The fraction of sp³-hybridized carbons (Fsp3) is 0.346. The summed E-state index contributed by atoms with van der Waals surface area (Å²) in [6, 6.07) is 17.5. The molecule has 0 bridgehead atoms. The van der Waals surface area contributed by atoms with Crippen LogP contribution < -0.4 is 5.19 Å². The summed E-state index contributed by atoms with van der Waals surface area (Å²) in [6.07, 6.45) is 8.80. The molecule has 29 heavy (non-hydrogen) atoms. The van der Waals surface area contributed by atoms with Gasteiger partial charge in [0.15, 0.2) is 0 Å². The summed E-state index contributed by atoms with van der Waals surface area (Å²) >= 11 is 0. The number of pyridine rings is 1. The van der Waals surface area contributed by atoms with Gasteiger partial charge in [-0.2, -0.15) is 0 Å². The van der Waals surface area contributed by atoms with E-state index in [2.05, 4.69) is 74.4 Å². The highest BCUT2D eigenvalue weighted by Gasteiger charge is 2.25. The zero-order valence-electron chi connectivity index (χ0n) is 17.7. The lowest BCUT2D eigenvalue weighted by molar-refractivity contribution is 0.443. The van der Waals surface area contributed by atoms with Crippen LogP contribution >= 0.6 is 0 Å². The number of nitrogens with zero attached hydrogens (tertiary/aromatic N) is 1. The van der Waals surface area contributed by atoms with Crippen molar-refractivity contribution in [2.24, 2.45) is 0 Å². The van der Waals surface area contributed by atoms with Crippen molar-refractivity contribution >= 4 is 35.2 Å². The summed E-state index contributed by atoms with van der Waals surface area (Å²) in [5.74, 6) is 0.686. The molecule has 0 unspecified atom stereocenters. The molecule has 0 atom stereocenters. The third-order valence-electron chi connectivity index (χ3n) is 6.47. The Balaban J connectivity index is 1.66. The van der Waals surface area contributed by atoms with Gasteiger partial charge >= 0.3 is 0 Å². The monoisotopic (exact) mass is 399 g/mol. The maximum Gasteiger partial charge on any atom is 0.144 e. The van der Waals surface area contributed by atoms with Crippen molar-refractivity contribution in [1.29, 1.82) is 0 Å². The van der Waals surface area contributed by atoms with Gasteiger partial charge in [-0.3, -0.25) is 4.98 Å². The third-order valence-corrected chi connectivity index (χ3v) is 8.51. The second-order valence-electron chi connectivity index (χ2n) is 9.52. The quantitative estimate of drug-likeness (QED) is 0.339. The predicted octanol–water partition coefficient (Wildman–Crippen LogP) is 7.24. The first-order valence-corrected chi connectivity index (χ1v) is 14.4. The molecule has 0 aliphatic heterocycles. The molecular formula is C26H29NOSi. The minimum absolute atomic E-state index is 0.686. The smallest absolute Gasteiger partial charge is 0.144 e. The summed E-state index contributed by atoms with van der Waals surface area (Å²) < 4.78 is 6.40. The molecule has 1 aliphatic rings. The molecule has 2 nitrogen and oxygen atoms in total. The Morgan fingerprint density at radius 2 is 1.69 bits per heavy atom. The number of rotatable bonds is 3. The molecule has 0 amide bonds. The molecule has 0 spiro atoms. The van der Waals surface area contributed by atoms with Crippen LogP contribution in [0, 0.1) is 0 Å². The molecule has 0 radical (unpaired) electrons. The van der Waals surface area contributed by atoms with Gasteiger partial charge in [0.1, 0.15) is 11.2 Å². The first kappa shape index (κ1) is 18.6. The standard InChI is InChI=1S/C26H29NOSi/c1-29(2,3)24-16-14-20(26-25(24)21-11-7-8-12-23(21)28-26)22-15-13-19(17-27-22)18-9-5-4-6-10-18/h7-8,11-18H,4-6,9-10H2,1-3H3. The van der Waals surface area contributed by atoms with Gasteiger partial charge < -0.3 is 4.42 Å². The van der Waals surface area contributed by atoms with Crippen LogP contribution in [0.4, 0.5) is 0 Å². The topological polar surface area (TPSA) is 26.0 Å². The normalized spacial score (nSPS) is 16.0. The first-order valence-electron chi connectivity index (χ1n) is 10.9. The largest absolute Gasteiger partial charge is 0.455 e. The van der Waals surface area contributed by atoms with Crippen LogP contribution in [0.15, 0.2) is 59.1 Å². The van der Waals surface area contributed by atoms with E-state index in [9.17, 15) is 0 Å². The number of aromatic nitrogens is 1. The van der Waals surface area contributed by atoms with Gasteiger partial charge in [0.2, 0.25) is 0 Å². The van der Waals surface area contributed by atoms with E-state index < -0.39 is 8.07 Å². The summed E-state index contributed by atoms with van der Waals surface area (Å²) in [6.45, 7) is 7.21. The summed E-state index contributed by atoms with van der Waals surface area (Å²) in [7, 11) is -1.51. The lowest BCUT2D eigenvalue weighted by atomic mass is 9.85. The lowest BCUT2D eigenvalue weighted by Crippen LogP contribution is -2.37. The molecule has 0 saturated heterocycles. The van der Waals surface area contributed by atoms with E-state index in [1.807, 2.05) is 0 Å². The van der Waals surface area contributed by atoms with Crippen molar-refractivity contribution in [1.82, 2.24) is 4.98 Å². The molecular weight excluding hydrogens is 370 g/mol. The summed E-state index contributed by atoms with van der Waals surface area (Å²) in [4.78, 5) is 4.89. The highest BCUT2D eigenvalue weighted by atomic mass is 28.3. The number of hydrogen-bond acceptors (Lipinski definition) is 2. The van der Waals surface area contributed by atoms with E-state index in [0.29, 0.717) is 5.92 Å². The molecule has 2 heterocycles. The molecule has 5 rings (SSSR count). The van der Waals surface area contributed by atoms with Crippen LogP contribution in [-0.2, 0) is 0 Å². The third kappa shape index (κ3) is 3.32.